The second-order valence-corrected chi connectivity index (χ2v) is 7.07. The van der Waals surface area contributed by atoms with E-state index in [0.717, 1.165) is 16.6 Å². The van der Waals surface area contributed by atoms with Gasteiger partial charge in [-0.15, -0.1) is 0 Å². The maximum absolute atomic E-state index is 14.0. The average molecular weight is 403 g/mol. The molecule has 7 nitrogen and oxygen atoms in total. The van der Waals surface area contributed by atoms with Crippen molar-refractivity contribution < 1.29 is 13.9 Å². The summed E-state index contributed by atoms with van der Waals surface area (Å²) in [6.45, 7) is 0.364. The molecule has 8 heteroatoms. The van der Waals surface area contributed by atoms with Gasteiger partial charge in [0.15, 0.2) is 6.61 Å². The van der Waals surface area contributed by atoms with E-state index in [1.807, 2.05) is 24.3 Å². The van der Waals surface area contributed by atoms with Crippen LogP contribution < -0.4 is 15.0 Å². The minimum absolute atomic E-state index is 0.0422. The molecule has 1 N–H and O–H groups in total. The molecule has 2 aromatic carbocycles. The van der Waals surface area contributed by atoms with Gasteiger partial charge < -0.3 is 15.0 Å². The lowest BCUT2D eigenvalue weighted by Crippen LogP contribution is -2.35. The van der Waals surface area contributed by atoms with Crippen molar-refractivity contribution in [2.24, 2.45) is 0 Å². The number of hydrogen-bond donors (Lipinski definition) is 1. The number of nitrogens with one attached hydrogen (secondary N) is 1. The molecule has 150 valence electrons. The molecule has 0 bridgehead atoms. The fraction of sp³-hybridized carbons (Fsp3) is 0.136. The molecule has 0 radical (unpaired) electrons. The van der Waals surface area contributed by atoms with Crippen LogP contribution in [0.1, 0.15) is 5.56 Å². The van der Waals surface area contributed by atoms with Crippen molar-refractivity contribution in [1.82, 2.24) is 14.8 Å². The number of halogens is 1. The van der Waals surface area contributed by atoms with E-state index in [9.17, 15) is 9.18 Å². The first-order valence-electron chi connectivity index (χ1n) is 9.44. The Bertz CT molecular complexity index is 1270. The van der Waals surface area contributed by atoms with E-state index in [1.165, 1.54) is 6.07 Å². The molecule has 30 heavy (non-hydrogen) atoms. The van der Waals surface area contributed by atoms with Gasteiger partial charge in [-0.3, -0.25) is 9.48 Å². The number of amides is 1. The summed E-state index contributed by atoms with van der Waals surface area (Å²) in [5, 5.41) is 8.49. The summed E-state index contributed by atoms with van der Waals surface area (Å²) < 4.78 is 21.2. The number of benzene rings is 2. The monoisotopic (exact) mass is 403 g/mol. The van der Waals surface area contributed by atoms with E-state index in [-0.39, 0.29) is 18.3 Å². The Kier molecular flexibility index (Phi) is 4.31. The Morgan fingerprint density at radius 1 is 1.17 bits per heavy atom. The summed E-state index contributed by atoms with van der Waals surface area (Å²) in [6, 6.07) is 14.1. The number of ether oxygens (including phenoxy) is 1. The highest BCUT2D eigenvalue weighted by atomic mass is 19.1. The predicted molar refractivity (Wildman–Crippen MR) is 112 cm³/mol. The van der Waals surface area contributed by atoms with Crippen LogP contribution in [0.3, 0.4) is 0 Å². The van der Waals surface area contributed by atoms with Gasteiger partial charge in [-0.05, 0) is 24.3 Å². The van der Waals surface area contributed by atoms with Crippen LogP contribution in [0.5, 0.6) is 5.75 Å². The van der Waals surface area contributed by atoms with Crippen LogP contribution in [0, 0.1) is 5.82 Å². The van der Waals surface area contributed by atoms with Gasteiger partial charge >= 0.3 is 0 Å². The van der Waals surface area contributed by atoms with Gasteiger partial charge in [-0.25, -0.2) is 9.37 Å². The van der Waals surface area contributed by atoms with Crippen molar-refractivity contribution in [2.75, 3.05) is 23.9 Å². The summed E-state index contributed by atoms with van der Waals surface area (Å²) in [5.74, 6) is 0.914. The molecule has 1 aliphatic rings. The molecule has 0 saturated heterocycles. The second-order valence-electron chi connectivity index (χ2n) is 7.07. The second kappa shape index (κ2) is 7.14. The summed E-state index contributed by atoms with van der Waals surface area (Å²) in [4.78, 5) is 17.9. The maximum Gasteiger partial charge on any atom is 0.264 e. The summed E-state index contributed by atoms with van der Waals surface area (Å²) in [6.07, 6.45) is 3.43. The van der Waals surface area contributed by atoms with Crippen LogP contribution in [-0.4, -0.2) is 34.3 Å². The molecule has 0 saturated carbocycles. The number of fused-ring (bicyclic) bond motifs is 2. The van der Waals surface area contributed by atoms with Crippen molar-refractivity contribution in [3.8, 4) is 5.75 Å². The van der Waals surface area contributed by atoms with Gasteiger partial charge in [0.1, 0.15) is 17.4 Å². The summed E-state index contributed by atoms with van der Waals surface area (Å²) >= 11 is 0. The van der Waals surface area contributed by atoms with E-state index in [1.54, 1.807) is 47.2 Å². The first-order chi connectivity index (χ1) is 14.6. The van der Waals surface area contributed by atoms with E-state index < -0.39 is 0 Å². The topological polar surface area (TPSA) is 72.3 Å². The molecule has 1 amide bonds. The zero-order valence-corrected chi connectivity index (χ0v) is 16.2. The number of likely N-dealkylation sites (N-methyl/N-ethyl adjacent to an activating group) is 1. The van der Waals surface area contributed by atoms with Crippen LogP contribution >= 0.6 is 0 Å². The smallest absolute Gasteiger partial charge is 0.264 e. The third-order valence-corrected chi connectivity index (χ3v) is 5.12. The van der Waals surface area contributed by atoms with E-state index >= 15 is 0 Å². The zero-order valence-electron chi connectivity index (χ0n) is 16.2. The van der Waals surface area contributed by atoms with Crippen molar-refractivity contribution in [2.45, 2.75) is 6.54 Å². The quantitative estimate of drug-likeness (QED) is 0.562. The van der Waals surface area contributed by atoms with Gasteiger partial charge in [0.2, 0.25) is 0 Å². The number of anilines is 3. The fourth-order valence-corrected chi connectivity index (χ4v) is 3.45. The standard InChI is InChI=1S/C22H18FN5O2/c1-27-19-8-16(6-7-20(19)30-13-22(27)29)26-21-9-18-15(10-24-21)11-25-28(18)12-14-4-2-3-5-17(14)23/h2-11H,12-13H2,1H3,(H,24,26). The number of hydrogen-bond acceptors (Lipinski definition) is 5. The number of pyridine rings is 1. The van der Waals surface area contributed by atoms with Crippen molar-refractivity contribution in [3.05, 3.63) is 72.3 Å². The molecule has 0 unspecified atom stereocenters. The van der Waals surface area contributed by atoms with Gasteiger partial charge in [-0.2, -0.15) is 5.10 Å². The highest BCUT2D eigenvalue weighted by Crippen LogP contribution is 2.34. The van der Waals surface area contributed by atoms with E-state index in [2.05, 4.69) is 15.4 Å². The minimum Gasteiger partial charge on any atom is -0.482 e. The summed E-state index contributed by atoms with van der Waals surface area (Å²) in [5.41, 5.74) is 2.87. The third kappa shape index (κ3) is 3.22. The summed E-state index contributed by atoms with van der Waals surface area (Å²) in [7, 11) is 1.72. The van der Waals surface area contributed by atoms with Crippen molar-refractivity contribution in [3.63, 3.8) is 0 Å². The number of carbonyl (C=O) groups excluding carboxylic acids is 1. The van der Waals surface area contributed by atoms with Crippen molar-refractivity contribution >= 4 is 34.0 Å². The van der Waals surface area contributed by atoms with Crippen LogP contribution in [0.15, 0.2) is 60.9 Å². The lowest BCUT2D eigenvalue weighted by Gasteiger charge is -2.26. The molecule has 2 aromatic heterocycles. The molecule has 0 spiro atoms. The molecule has 3 heterocycles. The number of aromatic nitrogens is 3. The molecular formula is C22H18FN5O2. The predicted octanol–water partition coefficient (Wildman–Crippen LogP) is 3.72. The molecule has 4 aromatic rings. The maximum atomic E-state index is 14.0. The Labute approximate surface area is 171 Å². The van der Waals surface area contributed by atoms with Gasteiger partial charge in [0.05, 0.1) is 23.9 Å². The normalized spacial score (nSPS) is 13.3. The fourth-order valence-electron chi connectivity index (χ4n) is 3.45. The van der Waals surface area contributed by atoms with Crippen molar-refractivity contribution in [1.29, 1.82) is 0 Å². The first-order valence-corrected chi connectivity index (χ1v) is 9.44. The molecule has 0 atom stereocenters. The molecule has 0 aliphatic carbocycles. The number of nitrogens with zero attached hydrogens (tertiary/aromatic N) is 4. The Morgan fingerprint density at radius 3 is 2.90 bits per heavy atom. The molecule has 1 aliphatic heterocycles. The lowest BCUT2D eigenvalue weighted by molar-refractivity contribution is -0.120. The van der Waals surface area contributed by atoms with Gasteiger partial charge in [0.25, 0.3) is 5.91 Å². The van der Waals surface area contributed by atoms with E-state index in [4.69, 9.17) is 4.74 Å². The van der Waals surface area contributed by atoms with Gasteiger partial charge in [-0.1, -0.05) is 18.2 Å². The van der Waals surface area contributed by atoms with Crippen LogP contribution in [0.2, 0.25) is 0 Å². The van der Waals surface area contributed by atoms with Crippen LogP contribution in [-0.2, 0) is 11.3 Å². The zero-order chi connectivity index (χ0) is 20.7. The number of carbonyl (C=O) groups is 1. The van der Waals surface area contributed by atoms with E-state index in [0.29, 0.717) is 29.4 Å². The minimum atomic E-state index is -0.261. The largest absolute Gasteiger partial charge is 0.482 e. The third-order valence-electron chi connectivity index (χ3n) is 5.12. The Hall–Kier alpha value is -3.94. The SMILES string of the molecule is CN1C(=O)COc2ccc(Nc3cc4c(cn3)cnn4Cc3ccccc3F)cc21. The first kappa shape index (κ1) is 18.1. The molecule has 5 rings (SSSR count). The number of rotatable bonds is 4. The average Bonchev–Trinajstić information content (AvgIpc) is 3.15. The lowest BCUT2D eigenvalue weighted by atomic mass is 10.2. The highest BCUT2D eigenvalue weighted by Gasteiger charge is 2.22. The highest BCUT2D eigenvalue weighted by molar-refractivity contribution is 5.98. The van der Waals surface area contributed by atoms with Gasteiger partial charge in [0, 0.05) is 35.9 Å². The van der Waals surface area contributed by atoms with Crippen LogP contribution in [0.25, 0.3) is 10.9 Å². The Balaban J connectivity index is 1.45. The molecular weight excluding hydrogens is 385 g/mol. The Morgan fingerprint density at radius 2 is 2.03 bits per heavy atom. The molecule has 0 fully saturated rings. The van der Waals surface area contributed by atoms with Crippen LogP contribution in [0.4, 0.5) is 21.6 Å².